The minimum Gasteiger partial charge on any atom is -0.336 e. The van der Waals surface area contributed by atoms with Crippen molar-refractivity contribution < 1.29 is 14.4 Å². The van der Waals surface area contributed by atoms with E-state index in [9.17, 15) is 14.4 Å². The second-order valence-electron chi connectivity index (χ2n) is 6.70. The number of piperidine rings is 1. The fourth-order valence-corrected chi connectivity index (χ4v) is 3.73. The van der Waals surface area contributed by atoms with Gasteiger partial charge in [-0.25, -0.2) is 14.5 Å². The predicted molar refractivity (Wildman–Crippen MR) is 89.0 cm³/mol. The second-order valence-corrected chi connectivity index (χ2v) is 6.70. The molecule has 5 amide bonds. The van der Waals surface area contributed by atoms with Gasteiger partial charge in [0.2, 0.25) is 0 Å². The first-order chi connectivity index (χ1) is 11.6. The van der Waals surface area contributed by atoms with Crippen LogP contribution in [0.3, 0.4) is 0 Å². The van der Waals surface area contributed by atoms with E-state index in [1.807, 2.05) is 6.07 Å². The van der Waals surface area contributed by atoms with Crippen LogP contribution in [0, 0.1) is 5.92 Å². The summed E-state index contributed by atoms with van der Waals surface area (Å²) < 4.78 is 0. The van der Waals surface area contributed by atoms with Crippen LogP contribution in [0.1, 0.15) is 19.8 Å². The van der Waals surface area contributed by atoms with Crippen molar-refractivity contribution in [3.8, 4) is 0 Å². The first kappa shape index (κ1) is 15.0. The molecule has 4 rings (SSSR count). The van der Waals surface area contributed by atoms with Crippen molar-refractivity contribution in [3.05, 3.63) is 24.3 Å². The number of hydrogen-bond donors (Lipinski definition) is 1. The van der Waals surface area contributed by atoms with Crippen LogP contribution in [0.25, 0.3) is 0 Å². The second kappa shape index (κ2) is 5.51. The Hall–Kier alpha value is -2.57. The van der Waals surface area contributed by atoms with Crippen LogP contribution in [-0.2, 0) is 4.79 Å². The van der Waals surface area contributed by atoms with E-state index in [2.05, 4.69) is 12.2 Å². The largest absolute Gasteiger partial charge is 0.336 e. The molecular weight excluding hydrogens is 308 g/mol. The van der Waals surface area contributed by atoms with Gasteiger partial charge in [-0.2, -0.15) is 0 Å². The molecule has 1 N–H and O–H groups in total. The fourth-order valence-electron chi connectivity index (χ4n) is 3.73. The number of benzene rings is 1. The molecule has 3 fully saturated rings. The monoisotopic (exact) mass is 328 g/mol. The van der Waals surface area contributed by atoms with Gasteiger partial charge in [0.25, 0.3) is 5.91 Å². The molecule has 0 aliphatic carbocycles. The summed E-state index contributed by atoms with van der Waals surface area (Å²) in [7, 11) is 0. The lowest BCUT2D eigenvalue weighted by atomic mass is 9.93. The summed E-state index contributed by atoms with van der Waals surface area (Å²) in [5.74, 6) is 0.289. The lowest BCUT2D eigenvalue weighted by molar-refractivity contribution is -0.120. The molecule has 0 saturated carbocycles. The molecule has 0 bridgehead atoms. The van der Waals surface area contributed by atoms with Gasteiger partial charge in [-0.1, -0.05) is 13.0 Å². The van der Waals surface area contributed by atoms with Crippen LogP contribution in [-0.4, -0.2) is 48.5 Å². The van der Waals surface area contributed by atoms with Crippen molar-refractivity contribution >= 4 is 29.3 Å². The van der Waals surface area contributed by atoms with Crippen LogP contribution in [0.15, 0.2) is 24.3 Å². The molecule has 3 aliphatic rings. The number of carbonyl (C=O) groups excluding carboxylic acids is 3. The molecule has 0 unspecified atom stereocenters. The topological polar surface area (TPSA) is 73.0 Å². The van der Waals surface area contributed by atoms with Crippen LogP contribution in [0.5, 0.6) is 0 Å². The van der Waals surface area contributed by atoms with Gasteiger partial charge in [0.05, 0.1) is 5.69 Å². The average Bonchev–Trinajstić information content (AvgIpc) is 3.10. The van der Waals surface area contributed by atoms with Crippen molar-refractivity contribution in [1.29, 1.82) is 0 Å². The number of hydrogen-bond acceptors (Lipinski definition) is 3. The first-order valence-corrected chi connectivity index (χ1v) is 8.36. The molecule has 1 aromatic carbocycles. The lowest BCUT2D eigenvalue weighted by Gasteiger charge is -2.30. The molecule has 1 aromatic rings. The average molecular weight is 328 g/mol. The number of nitrogens with one attached hydrogen (secondary N) is 1. The van der Waals surface area contributed by atoms with Crippen molar-refractivity contribution in [2.24, 2.45) is 5.92 Å². The molecule has 0 aromatic heterocycles. The minimum absolute atomic E-state index is 0.155. The molecule has 24 heavy (non-hydrogen) atoms. The quantitative estimate of drug-likeness (QED) is 0.841. The zero-order valence-electron chi connectivity index (χ0n) is 13.6. The van der Waals surface area contributed by atoms with Crippen molar-refractivity contribution in [2.75, 3.05) is 29.4 Å². The third-order valence-electron chi connectivity index (χ3n) is 5.06. The molecule has 0 spiro atoms. The van der Waals surface area contributed by atoms with Gasteiger partial charge in [-0.05, 0) is 37.0 Å². The van der Waals surface area contributed by atoms with E-state index in [1.165, 1.54) is 4.90 Å². The van der Waals surface area contributed by atoms with Gasteiger partial charge >= 0.3 is 12.1 Å². The summed E-state index contributed by atoms with van der Waals surface area (Å²) in [6.45, 7) is 3.92. The Labute approximate surface area is 140 Å². The molecule has 3 heterocycles. The molecule has 7 heteroatoms. The highest BCUT2D eigenvalue weighted by Crippen LogP contribution is 2.34. The number of urea groups is 2. The summed E-state index contributed by atoms with van der Waals surface area (Å²) in [5.41, 5.74) is 1.23. The van der Waals surface area contributed by atoms with Gasteiger partial charge in [-0.15, -0.1) is 0 Å². The van der Waals surface area contributed by atoms with Gasteiger partial charge < -0.3 is 10.2 Å². The highest BCUT2D eigenvalue weighted by Gasteiger charge is 2.47. The standard InChI is InChI=1S/C17H20N4O3/c1-11-5-7-20-14(9-11)15(22)21(17(20)24)13-4-2-3-12(10-13)19-8-6-18-16(19)23/h2-4,10-11,14H,5-9H2,1H3,(H,18,23)/t11-,14-/m0/s1. The summed E-state index contributed by atoms with van der Waals surface area (Å²) in [6, 6.07) is 6.32. The van der Waals surface area contributed by atoms with E-state index in [-0.39, 0.29) is 24.0 Å². The SMILES string of the molecule is C[C@H]1CCN2C(=O)N(c3cccc(N4CCNC4=O)c3)C(=O)[C@@H]2C1. The molecule has 126 valence electrons. The summed E-state index contributed by atoms with van der Waals surface area (Å²) >= 11 is 0. The van der Waals surface area contributed by atoms with Crippen molar-refractivity contribution in [2.45, 2.75) is 25.8 Å². The van der Waals surface area contributed by atoms with E-state index >= 15 is 0 Å². The molecule has 2 atom stereocenters. The summed E-state index contributed by atoms with van der Waals surface area (Å²) in [4.78, 5) is 41.8. The Morgan fingerprint density at radius 2 is 1.92 bits per heavy atom. The lowest BCUT2D eigenvalue weighted by Crippen LogP contribution is -2.41. The van der Waals surface area contributed by atoms with Crippen LogP contribution < -0.4 is 15.1 Å². The fraction of sp³-hybridized carbons (Fsp3) is 0.471. The van der Waals surface area contributed by atoms with Gasteiger partial charge in [0.1, 0.15) is 6.04 Å². The Morgan fingerprint density at radius 3 is 2.67 bits per heavy atom. The molecule has 3 aliphatic heterocycles. The zero-order chi connectivity index (χ0) is 16.8. The number of carbonyl (C=O) groups is 3. The molecule has 0 radical (unpaired) electrons. The van der Waals surface area contributed by atoms with E-state index in [0.29, 0.717) is 36.9 Å². The van der Waals surface area contributed by atoms with Crippen LogP contribution in [0.4, 0.5) is 21.0 Å². The maximum Gasteiger partial charge on any atom is 0.332 e. The molecule has 3 saturated heterocycles. The van der Waals surface area contributed by atoms with Crippen molar-refractivity contribution in [1.82, 2.24) is 10.2 Å². The number of anilines is 2. The highest BCUT2D eigenvalue weighted by molar-refractivity contribution is 6.21. The summed E-state index contributed by atoms with van der Waals surface area (Å²) in [5, 5.41) is 2.75. The Morgan fingerprint density at radius 1 is 1.12 bits per heavy atom. The van der Waals surface area contributed by atoms with Gasteiger partial charge in [0, 0.05) is 25.3 Å². The highest BCUT2D eigenvalue weighted by atomic mass is 16.2. The number of imide groups is 1. The number of rotatable bonds is 2. The van der Waals surface area contributed by atoms with E-state index in [0.717, 1.165) is 12.8 Å². The smallest absolute Gasteiger partial charge is 0.332 e. The van der Waals surface area contributed by atoms with E-state index in [4.69, 9.17) is 0 Å². The van der Waals surface area contributed by atoms with Gasteiger partial charge in [-0.3, -0.25) is 9.69 Å². The predicted octanol–water partition coefficient (Wildman–Crippen LogP) is 1.78. The van der Waals surface area contributed by atoms with Crippen LogP contribution >= 0.6 is 0 Å². The normalized spacial score (nSPS) is 26.9. The zero-order valence-corrected chi connectivity index (χ0v) is 13.6. The van der Waals surface area contributed by atoms with Gasteiger partial charge in [0.15, 0.2) is 0 Å². The number of nitrogens with zero attached hydrogens (tertiary/aromatic N) is 3. The maximum absolute atomic E-state index is 12.8. The third kappa shape index (κ3) is 2.23. The number of fused-ring (bicyclic) bond motifs is 1. The third-order valence-corrected chi connectivity index (χ3v) is 5.06. The van der Waals surface area contributed by atoms with E-state index in [1.54, 1.807) is 28.0 Å². The summed E-state index contributed by atoms with van der Waals surface area (Å²) in [6.07, 6.45) is 1.65. The Balaban J connectivity index is 1.65. The minimum atomic E-state index is -0.347. The van der Waals surface area contributed by atoms with E-state index < -0.39 is 0 Å². The molecule has 7 nitrogen and oxygen atoms in total. The maximum atomic E-state index is 12.8. The number of amides is 5. The van der Waals surface area contributed by atoms with Crippen molar-refractivity contribution in [3.63, 3.8) is 0 Å². The molecular formula is C17H20N4O3. The Kier molecular flexibility index (Phi) is 3.44. The first-order valence-electron chi connectivity index (χ1n) is 8.36. The van der Waals surface area contributed by atoms with Crippen LogP contribution in [0.2, 0.25) is 0 Å². The Bertz CT molecular complexity index is 720.